The Morgan fingerprint density at radius 3 is 2.67 bits per heavy atom. The molecule has 0 aliphatic rings. The predicted octanol–water partition coefficient (Wildman–Crippen LogP) is 0.991. The van der Waals surface area contributed by atoms with Gasteiger partial charge in [0.25, 0.3) is 0 Å². The molecule has 0 aliphatic heterocycles. The summed E-state index contributed by atoms with van der Waals surface area (Å²) in [6.45, 7) is -2.11. The number of carbonyl (C=O) groups is 1. The van der Waals surface area contributed by atoms with E-state index >= 15 is 0 Å². The normalized spacial score (nSPS) is 11.4. The first kappa shape index (κ1) is 11.7. The van der Waals surface area contributed by atoms with E-state index in [1.54, 1.807) is 0 Å². The molecular weight excluding hydrogens is 235 g/mol. The molecule has 1 heterocycles. The van der Waals surface area contributed by atoms with Crippen molar-refractivity contribution >= 4 is 22.6 Å². The molecule has 0 unspecified atom stereocenters. The van der Waals surface area contributed by atoms with E-state index < -0.39 is 25.2 Å². The molecule has 1 N–H and O–H groups in total. The van der Waals surface area contributed by atoms with Gasteiger partial charge in [0, 0.05) is 11.5 Å². The molecule has 0 amide bonds. The van der Waals surface area contributed by atoms with Gasteiger partial charge in [0.1, 0.15) is 19.4 Å². The van der Waals surface area contributed by atoms with Crippen molar-refractivity contribution < 1.29 is 23.1 Å². The lowest BCUT2D eigenvalue weighted by atomic mass is 10.5. The average Bonchev–Trinajstić information content (AvgIpc) is 2.50. The van der Waals surface area contributed by atoms with Gasteiger partial charge in [-0.05, 0) is 0 Å². The Bertz CT molecular complexity index is 327. The maximum absolute atomic E-state index is 12.1. The second kappa shape index (κ2) is 4.43. The fraction of sp³-hybridized carbons (Fsp3) is 0.500. The Balaban J connectivity index is 2.75. The third-order valence-electron chi connectivity index (χ3n) is 1.32. The van der Waals surface area contributed by atoms with Crippen molar-refractivity contribution in [3.05, 3.63) is 6.33 Å². The van der Waals surface area contributed by atoms with Crippen LogP contribution >= 0.6 is 11.5 Å². The van der Waals surface area contributed by atoms with Gasteiger partial charge in [-0.1, -0.05) is 0 Å². The molecule has 0 fully saturated rings. The molecule has 1 rings (SSSR count). The Morgan fingerprint density at radius 1 is 1.60 bits per heavy atom. The maximum atomic E-state index is 12.1. The average molecular weight is 241 g/mol. The molecule has 84 valence electrons. The highest BCUT2D eigenvalue weighted by molar-refractivity contribution is 7.09. The Morgan fingerprint density at radius 2 is 2.27 bits per heavy atom. The first-order valence-electron chi connectivity index (χ1n) is 3.68. The largest absolute Gasteiger partial charge is 0.480 e. The van der Waals surface area contributed by atoms with Gasteiger partial charge in [0.15, 0.2) is 0 Å². The maximum Gasteiger partial charge on any atom is 0.406 e. The van der Waals surface area contributed by atoms with Crippen molar-refractivity contribution in [2.45, 2.75) is 6.18 Å². The van der Waals surface area contributed by atoms with Crippen LogP contribution in [0.1, 0.15) is 0 Å². The van der Waals surface area contributed by atoms with Crippen LogP contribution in [0.5, 0.6) is 0 Å². The number of aromatic nitrogens is 2. The molecule has 5 nitrogen and oxygen atoms in total. The van der Waals surface area contributed by atoms with Crippen LogP contribution in [0.25, 0.3) is 0 Å². The van der Waals surface area contributed by atoms with Gasteiger partial charge in [-0.2, -0.15) is 17.5 Å². The van der Waals surface area contributed by atoms with Crippen molar-refractivity contribution in [3.8, 4) is 0 Å². The first-order chi connectivity index (χ1) is 6.88. The minimum Gasteiger partial charge on any atom is -0.480 e. The van der Waals surface area contributed by atoms with Crippen LogP contribution in [0, 0.1) is 0 Å². The summed E-state index contributed by atoms with van der Waals surface area (Å²) >= 11 is 0.715. The Kier molecular flexibility index (Phi) is 3.45. The lowest BCUT2D eigenvalue weighted by molar-refractivity contribution is -0.136. The third kappa shape index (κ3) is 4.11. The number of carboxylic acids is 1. The Labute approximate surface area is 86.3 Å². The van der Waals surface area contributed by atoms with Gasteiger partial charge in [-0.15, -0.1) is 0 Å². The van der Waals surface area contributed by atoms with Crippen molar-refractivity contribution in [1.29, 1.82) is 0 Å². The fourth-order valence-electron chi connectivity index (χ4n) is 0.877. The highest BCUT2D eigenvalue weighted by Crippen LogP contribution is 2.22. The summed E-state index contributed by atoms with van der Waals surface area (Å²) < 4.78 is 39.7. The molecule has 0 saturated carbocycles. The van der Waals surface area contributed by atoms with E-state index in [1.807, 2.05) is 0 Å². The molecule has 1 aromatic rings. The molecule has 0 radical (unpaired) electrons. The van der Waals surface area contributed by atoms with Gasteiger partial charge >= 0.3 is 12.1 Å². The summed E-state index contributed by atoms with van der Waals surface area (Å²) in [5.41, 5.74) is 0. The van der Waals surface area contributed by atoms with Crippen molar-refractivity contribution in [3.63, 3.8) is 0 Å². The van der Waals surface area contributed by atoms with E-state index in [0.29, 0.717) is 16.4 Å². The number of halogens is 3. The highest BCUT2D eigenvalue weighted by atomic mass is 32.1. The van der Waals surface area contributed by atoms with Gasteiger partial charge in [-0.3, -0.25) is 4.79 Å². The standard InChI is InChI=1S/C6H6F3N3O2S/c7-6(8,9)2-12(1-4(13)14)5-10-3-11-15-5/h3H,1-2H2,(H,13,14). The van der Waals surface area contributed by atoms with Gasteiger partial charge in [-0.25, -0.2) is 4.98 Å². The molecule has 0 aromatic carbocycles. The molecule has 0 aliphatic carbocycles. The number of rotatable bonds is 4. The summed E-state index contributed by atoms with van der Waals surface area (Å²) in [6, 6.07) is 0. The van der Waals surface area contributed by atoms with Crippen LogP contribution < -0.4 is 4.90 Å². The fourth-order valence-corrected chi connectivity index (χ4v) is 1.40. The summed E-state index contributed by atoms with van der Waals surface area (Å²) in [4.78, 5) is 14.5. The monoisotopic (exact) mass is 241 g/mol. The second-order valence-electron chi connectivity index (χ2n) is 2.59. The zero-order valence-corrected chi connectivity index (χ0v) is 8.05. The number of anilines is 1. The number of aliphatic carboxylic acids is 1. The van der Waals surface area contributed by atoms with E-state index in [-0.39, 0.29) is 5.13 Å². The summed E-state index contributed by atoms with van der Waals surface area (Å²) in [5.74, 6) is -1.35. The van der Waals surface area contributed by atoms with Gasteiger partial charge in [0.2, 0.25) is 5.13 Å². The molecule has 9 heteroatoms. The van der Waals surface area contributed by atoms with Gasteiger partial charge < -0.3 is 10.0 Å². The number of carboxylic acid groups (broad SMARTS) is 1. The quantitative estimate of drug-likeness (QED) is 0.851. The minimum absolute atomic E-state index is 0.0604. The number of alkyl halides is 3. The van der Waals surface area contributed by atoms with E-state index in [2.05, 4.69) is 9.36 Å². The SMILES string of the molecule is O=C(O)CN(CC(F)(F)F)c1ncns1. The van der Waals surface area contributed by atoms with Crippen molar-refractivity contribution in [2.75, 3.05) is 18.0 Å². The molecule has 0 saturated heterocycles. The molecule has 0 bridgehead atoms. The van der Waals surface area contributed by atoms with Crippen molar-refractivity contribution in [2.24, 2.45) is 0 Å². The number of nitrogens with zero attached hydrogens (tertiary/aromatic N) is 3. The first-order valence-corrected chi connectivity index (χ1v) is 4.46. The third-order valence-corrected chi connectivity index (χ3v) is 2.04. The van der Waals surface area contributed by atoms with Crippen LogP contribution in [0.4, 0.5) is 18.3 Å². The molecule has 0 spiro atoms. The molecule has 0 atom stereocenters. The smallest absolute Gasteiger partial charge is 0.406 e. The van der Waals surface area contributed by atoms with Crippen LogP contribution in [0.3, 0.4) is 0 Å². The molecular formula is C6H6F3N3O2S. The summed E-state index contributed by atoms with van der Waals surface area (Å²) in [7, 11) is 0. The van der Waals surface area contributed by atoms with Crippen LogP contribution in [0.2, 0.25) is 0 Å². The Hall–Kier alpha value is -1.38. The van der Waals surface area contributed by atoms with Crippen LogP contribution in [0.15, 0.2) is 6.33 Å². The molecule has 15 heavy (non-hydrogen) atoms. The lowest BCUT2D eigenvalue weighted by Crippen LogP contribution is -2.37. The highest BCUT2D eigenvalue weighted by Gasteiger charge is 2.32. The zero-order chi connectivity index (χ0) is 11.5. The van der Waals surface area contributed by atoms with E-state index in [9.17, 15) is 18.0 Å². The van der Waals surface area contributed by atoms with Crippen molar-refractivity contribution in [1.82, 2.24) is 9.36 Å². The number of hydrogen-bond donors (Lipinski definition) is 1. The summed E-state index contributed by atoms with van der Waals surface area (Å²) in [6.07, 6.45) is -3.40. The minimum atomic E-state index is -4.47. The summed E-state index contributed by atoms with van der Waals surface area (Å²) in [5, 5.41) is 8.37. The van der Waals surface area contributed by atoms with Crippen LogP contribution in [-0.4, -0.2) is 39.7 Å². The van der Waals surface area contributed by atoms with E-state index in [4.69, 9.17) is 5.11 Å². The topological polar surface area (TPSA) is 66.3 Å². The van der Waals surface area contributed by atoms with Gasteiger partial charge in [0.05, 0.1) is 0 Å². The second-order valence-corrected chi connectivity index (χ2v) is 3.35. The van der Waals surface area contributed by atoms with Crippen LogP contribution in [-0.2, 0) is 4.79 Å². The lowest BCUT2D eigenvalue weighted by Gasteiger charge is -2.20. The van der Waals surface area contributed by atoms with E-state index in [0.717, 1.165) is 6.33 Å². The predicted molar refractivity (Wildman–Crippen MR) is 45.8 cm³/mol. The number of hydrogen-bond acceptors (Lipinski definition) is 5. The molecule has 1 aromatic heterocycles. The van der Waals surface area contributed by atoms with E-state index in [1.165, 1.54) is 0 Å². The zero-order valence-electron chi connectivity index (χ0n) is 7.23.